The second-order valence-corrected chi connectivity index (χ2v) is 3.98. The molecule has 16 heavy (non-hydrogen) atoms. The summed E-state index contributed by atoms with van der Waals surface area (Å²) in [5.41, 5.74) is 1.11. The van der Waals surface area contributed by atoms with Crippen molar-refractivity contribution in [2.75, 3.05) is 24.5 Å². The molecule has 1 aromatic rings. The summed E-state index contributed by atoms with van der Waals surface area (Å²) in [5, 5.41) is 11.9. The minimum Gasteiger partial charge on any atom is -0.480 e. The molecule has 1 fully saturated rings. The molecule has 0 spiro atoms. The van der Waals surface area contributed by atoms with Crippen molar-refractivity contribution in [3.63, 3.8) is 0 Å². The van der Waals surface area contributed by atoms with E-state index >= 15 is 0 Å². The molecule has 2 heterocycles. The van der Waals surface area contributed by atoms with E-state index in [9.17, 15) is 4.79 Å². The smallest absolute Gasteiger partial charge is 0.322 e. The second-order valence-electron chi connectivity index (χ2n) is 3.98. The number of carboxylic acid groups (broad SMARTS) is 1. The highest BCUT2D eigenvalue weighted by molar-refractivity contribution is 5.74. The Hall–Kier alpha value is -1.62. The number of anilines is 1. The molecule has 86 valence electrons. The molecular weight excluding hydrogens is 206 g/mol. The molecule has 1 atom stereocenters. The average molecular weight is 221 g/mol. The van der Waals surface area contributed by atoms with E-state index in [2.05, 4.69) is 10.3 Å². The van der Waals surface area contributed by atoms with Crippen LogP contribution in [0.2, 0.25) is 0 Å². The van der Waals surface area contributed by atoms with Crippen molar-refractivity contribution < 1.29 is 9.90 Å². The van der Waals surface area contributed by atoms with E-state index < -0.39 is 12.0 Å². The zero-order valence-corrected chi connectivity index (χ0v) is 9.18. The first kappa shape index (κ1) is 10.9. The van der Waals surface area contributed by atoms with Gasteiger partial charge >= 0.3 is 5.97 Å². The Bertz CT molecular complexity index is 377. The summed E-state index contributed by atoms with van der Waals surface area (Å²) in [6.45, 7) is 3.91. The average Bonchev–Trinajstić information content (AvgIpc) is 2.30. The third-order valence-electron chi connectivity index (χ3n) is 2.69. The standard InChI is InChI=1S/C11H15N3O2/c1-8-2-3-10(13-6-8)14-5-4-12-9(7-14)11(15)16/h2-3,6,9,12H,4-5,7H2,1H3,(H,15,16). The van der Waals surface area contributed by atoms with Crippen LogP contribution in [0.3, 0.4) is 0 Å². The number of aromatic nitrogens is 1. The summed E-state index contributed by atoms with van der Waals surface area (Å²) >= 11 is 0. The molecular formula is C11H15N3O2. The summed E-state index contributed by atoms with van der Waals surface area (Å²) in [4.78, 5) is 17.2. The maximum atomic E-state index is 10.9. The Morgan fingerprint density at radius 2 is 2.44 bits per heavy atom. The molecule has 0 amide bonds. The molecule has 5 heteroatoms. The van der Waals surface area contributed by atoms with Crippen LogP contribution < -0.4 is 10.2 Å². The molecule has 1 aromatic heterocycles. The zero-order chi connectivity index (χ0) is 11.5. The van der Waals surface area contributed by atoms with E-state index in [1.165, 1.54) is 0 Å². The van der Waals surface area contributed by atoms with Gasteiger partial charge in [0.2, 0.25) is 0 Å². The molecule has 0 aromatic carbocycles. The van der Waals surface area contributed by atoms with E-state index in [4.69, 9.17) is 5.11 Å². The first-order valence-corrected chi connectivity index (χ1v) is 5.30. The number of piperazine rings is 1. The maximum Gasteiger partial charge on any atom is 0.322 e. The molecule has 2 rings (SSSR count). The largest absolute Gasteiger partial charge is 0.480 e. The quantitative estimate of drug-likeness (QED) is 0.749. The lowest BCUT2D eigenvalue weighted by Crippen LogP contribution is -2.54. The zero-order valence-electron chi connectivity index (χ0n) is 9.18. The van der Waals surface area contributed by atoms with Crippen LogP contribution in [0, 0.1) is 6.92 Å². The van der Waals surface area contributed by atoms with Crippen LogP contribution in [0.5, 0.6) is 0 Å². The van der Waals surface area contributed by atoms with Gasteiger partial charge in [-0.15, -0.1) is 0 Å². The first-order chi connectivity index (χ1) is 7.66. The number of nitrogens with zero attached hydrogens (tertiary/aromatic N) is 2. The number of carbonyl (C=O) groups is 1. The third kappa shape index (κ3) is 2.30. The Morgan fingerprint density at radius 3 is 3.06 bits per heavy atom. The molecule has 0 radical (unpaired) electrons. The van der Waals surface area contributed by atoms with Gasteiger partial charge in [-0.25, -0.2) is 4.98 Å². The van der Waals surface area contributed by atoms with Gasteiger partial charge in [-0.05, 0) is 18.6 Å². The van der Waals surface area contributed by atoms with Crippen molar-refractivity contribution in [3.05, 3.63) is 23.9 Å². The van der Waals surface area contributed by atoms with Gasteiger partial charge in [-0.3, -0.25) is 4.79 Å². The topological polar surface area (TPSA) is 65.5 Å². The number of hydrogen-bond acceptors (Lipinski definition) is 4. The molecule has 0 bridgehead atoms. The van der Waals surface area contributed by atoms with Gasteiger partial charge in [0.15, 0.2) is 0 Å². The fourth-order valence-electron chi connectivity index (χ4n) is 1.77. The van der Waals surface area contributed by atoms with Gasteiger partial charge < -0.3 is 15.3 Å². The van der Waals surface area contributed by atoms with E-state index in [1.807, 2.05) is 24.0 Å². The van der Waals surface area contributed by atoms with E-state index in [0.717, 1.165) is 17.9 Å². The third-order valence-corrected chi connectivity index (χ3v) is 2.69. The van der Waals surface area contributed by atoms with Crippen molar-refractivity contribution in [2.45, 2.75) is 13.0 Å². The number of rotatable bonds is 2. The molecule has 5 nitrogen and oxygen atoms in total. The molecule has 2 N–H and O–H groups in total. The lowest BCUT2D eigenvalue weighted by atomic mass is 10.2. The van der Waals surface area contributed by atoms with Crippen LogP contribution in [0.4, 0.5) is 5.82 Å². The molecule has 1 aliphatic heterocycles. The highest BCUT2D eigenvalue weighted by atomic mass is 16.4. The lowest BCUT2D eigenvalue weighted by molar-refractivity contribution is -0.139. The van der Waals surface area contributed by atoms with E-state index in [0.29, 0.717) is 13.1 Å². The molecule has 0 saturated carbocycles. The number of hydrogen-bond donors (Lipinski definition) is 2. The number of aryl methyl sites for hydroxylation is 1. The van der Waals surface area contributed by atoms with Gasteiger partial charge in [0.25, 0.3) is 0 Å². The SMILES string of the molecule is Cc1ccc(N2CCNC(C(=O)O)C2)nc1. The highest BCUT2D eigenvalue weighted by Crippen LogP contribution is 2.13. The van der Waals surface area contributed by atoms with Crippen LogP contribution in [-0.4, -0.2) is 41.7 Å². The summed E-state index contributed by atoms with van der Waals surface area (Å²) in [7, 11) is 0. The van der Waals surface area contributed by atoms with Gasteiger partial charge in [-0.1, -0.05) is 6.07 Å². The minimum atomic E-state index is -0.809. The molecule has 1 saturated heterocycles. The van der Waals surface area contributed by atoms with Crippen LogP contribution in [0.1, 0.15) is 5.56 Å². The van der Waals surface area contributed by atoms with E-state index in [1.54, 1.807) is 6.20 Å². The number of nitrogens with one attached hydrogen (secondary N) is 1. The Morgan fingerprint density at radius 1 is 1.62 bits per heavy atom. The Balaban J connectivity index is 2.09. The van der Waals surface area contributed by atoms with Crippen LogP contribution in [-0.2, 0) is 4.79 Å². The minimum absolute atomic E-state index is 0.464. The van der Waals surface area contributed by atoms with E-state index in [-0.39, 0.29) is 0 Å². The normalized spacial score (nSPS) is 20.8. The summed E-state index contributed by atoms with van der Waals surface area (Å²) in [6, 6.07) is 3.41. The summed E-state index contributed by atoms with van der Waals surface area (Å²) in [6.07, 6.45) is 1.80. The predicted molar refractivity (Wildman–Crippen MR) is 60.6 cm³/mol. The number of aliphatic carboxylic acids is 1. The Labute approximate surface area is 94.1 Å². The fraction of sp³-hybridized carbons (Fsp3) is 0.455. The van der Waals surface area contributed by atoms with Crippen molar-refractivity contribution in [3.8, 4) is 0 Å². The predicted octanol–water partition coefficient (Wildman–Crippen LogP) is 0.253. The second kappa shape index (κ2) is 4.49. The Kier molecular flexibility index (Phi) is 3.05. The van der Waals surface area contributed by atoms with Crippen LogP contribution >= 0.6 is 0 Å². The van der Waals surface area contributed by atoms with Crippen LogP contribution in [0.15, 0.2) is 18.3 Å². The van der Waals surface area contributed by atoms with Crippen molar-refractivity contribution in [1.29, 1.82) is 0 Å². The van der Waals surface area contributed by atoms with Gasteiger partial charge in [0, 0.05) is 25.8 Å². The van der Waals surface area contributed by atoms with Crippen molar-refractivity contribution >= 4 is 11.8 Å². The van der Waals surface area contributed by atoms with Crippen molar-refractivity contribution in [2.24, 2.45) is 0 Å². The summed E-state index contributed by atoms with van der Waals surface area (Å²) in [5.74, 6) is 0.0372. The van der Waals surface area contributed by atoms with Crippen molar-refractivity contribution in [1.82, 2.24) is 10.3 Å². The van der Waals surface area contributed by atoms with Gasteiger partial charge in [0.1, 0.15) is 11.9 Å². The summed E-state index contributed by atoms with van der Waals surface area (Å²) < 4.78 is 0. The molecule has 0 aliphatic carbocycles. The fourth-order valence-corrected chi connectivity index (χ4v) is 1.77. The number of pyridine rings is 1. The molecule has 1 unspecified atom stereocenters. The maximum absolute atomic E-state index is 10.9. The molecule has 1 aliphatic rings. The van der Waals surface area contributed by atoms with Crippen LogP contribution in [0.25, 0.3) is 0 Å². The van der Waals surface area contributed by atoms with Gasteiger partial charge in [-0.2, -0.15) is 0 Å². The first-order valence-electron chi connectivity index (χ1n) is 5.30. The monoisotopic (exact) mass is 221 g/mol. The van der Waals surface area contributed by atoms with Gasteiger partial charge in [0.05, 0.1) is 0 Å². The highest BCUT2D eigenvalue weighted by Gasteiger charge is 2.25. The number of carboxylic acids is 1. The lowest BCUT2D eigenvalue weighted by Gasteiger charge is -2.32.